The number of likely N-dealkylation sites (tertiary alicyclic amines) is 1. The third kappa shape index (κ3) is 3.52. The number of hydrogen-bond acceptors (Lipinski definition) is 4. The van der Waals surface area contributed by atoms with Crippen LogP contribution in [0.1, 0.15) is 23.1 Å². The third-order valence-electron chi connectivity index (χ3n) is 6.04. The highest BCUT2D eigenvalue weighted by atomic mass is 19.4. The second-order valence-electron chi connectivity index (χ2n) is 8.11. The summed E-state index contributed by atoms with van der Waals surface area (Å²) < 4.78 is 44.9. The van der Waals surface area contributed by atoms with Crippen LogP contribution in [-0.4, -0.2) is 35.2 Å². The van der Waals surface area contributed by atoms with Crippen molar-refractivity contribution < 1.29 is 17.9 Å². The summed E-state index contributed by atoms with van der Waals surface area (Å²) in [6.45, 7) is 4.56. The van der Waals surface area contributed by atoms with Crippen LogP contribution in [0, 0.1) is 6.92 Å². The zero-order valence-electron chi connectivity index (χ0n) is 16.5. The van der Waals surface area contributed by atoms with Crippen molar-refractivity contribution in [2.45, 2.75) is 38.2 Å². The molecule has 2 saturated heterocycles. The molecular weight excluding hydrogens is 391 g/mol. The smallest absolute Gasteiger partial charge is 0.375 e. The van der Waals surface area contributed by atoms with Crippen molar-refractivity contribution in [1.29, 1.82) is 0 Å². The number of nitrogens with zero attached hydrogens (tertiary/aromatic N) is 2. The fourth-order valence-electron chi connectivity index (χ4n) is 4.59. The van der Waals surface area contributed by atoms with Gasteiger partial charge in [0.05, 0.1) is 18.3 Å². The minimum Gasteiger partial charge on any atom is -0.375 e. The van der Waals surface area contributed by atoms with Gasteiger partial charge in [0.15, 0.2) is 0 Å². The first kappa shape index (κ1) is 19.3. The van der Waals surface area contributed by atoms with Crippen molar-refractivity contribution in [2.75, 3.05) is 18.5 Å². The maximum absolute atomic E-state index is 13.1. The van der Waals surface area contributed by atoms with Gasteiger partial charge < -0.3 is 10.1 Å². The van der Waals surface area contributed by atoms with E-state index < -0.39 is 11.7 Å². The van der Waals surface area contributed by atoms with E-state index in [4.69, 9.17) is 4.74 Å². The largest absolute Gasteiger partial charge is 0.416 e. The van der Waals surface area contributed by atoms with Gasteiger partial charge >= 0.3 is 6.18 Å². The van der Waals surface area contributed by atoms with Gasteiger partial charge in [-0.05, 0) is 48.1 Å². The van der Waals surface area contributed by atoms with Crippen LogP contribution in [-0.2, 0) is 17.5 Å². The number of morpholine rings is 1. The molecule has 0 radical (unpaired) electrons. The van der Waals surface area contributed by atoms with Gasteiger partial charge in [-0.2, -0.15) is 13.2 Å². The van der Waals surface area contributed by atoms with Crippen LogP contribution < -0.4 is 5.32 Å². The van der Waals surface area contributed by atoms with Crippen LogP contribution in [0.2, 0.25) is 0 Å². The van der Waals surface area contributed by atoms with E-state index >= 15 is 0 Å². The molecule has 2 atom stereocenters. The number of anilines is 2. The Morgan fingerprint density at radius 2 is 2.03 bits per heavy atom. The Morgan fingerprint density at radius 3 is 2.77 bits per heavy atom. The number of rotatable bonds is 4. The number of fused-ring (bicyclic) bond motifs is 3. The highest BCUT2D eigenvalue weighted by molar-refractivity contribution is 5.97. The number of hydrogen-bond donors (Lipinski definition) is 1. The molecule has 2 aliphatic rings. The van der Waals surface area contributed by atoms with Gasteiger partial charge in [0.1, 0.15) is 5.82 Å². The Kier molecular flexibility index (Phi) is 4.67. The first-order chi connectivity index (χ1) is 14.4. The zero-order chi connectivity index (χ0) is 20.9. The van der Waals surface area contributed by atoms with Crippen LogP contribution >= 0.6 is 0 Å². The van der Waals surface area contributed by atoms with E-state index in [9.17, 15) is 13.2 Å². The van der Waals surface area contributed by atoms with Gasteiger partial charge in [0, 0.05) is 36.4 Å². The van der Waals surface area contributed by atoms with Gasteiger partial charge in [0.2, 0.25) is 0 Å². The first-order valence-corrected chi connectivity index (χ1v) is 10.1. The second kappa shape index (κ2) is 7.25. The Morgan fingerprint density at radius 1 is 1.20 bits per heavy atom. The molecule has 156 valence electrons. The van der Waals surface area contributed by atoms with Crippen molar-refractivity contribution in [2.24, 2.45) is 0 Å². The number of aryl methyl sites for hydroxylation is 1. The van der Waals surface area contributed by atoms with Gasteiger partial charge in [-0.15, -0.1) is 0 Å². The molecule has 3 aromatic rings. The van der Waals surface area contributed by atoms with E-state index in [0.717, 1.165) is 60.1 Å². The highest BCUT2D eigenvalue weighted by Crippen LogP contribution is 2.35. The SMILES string of the molecule is Cc1cccc2c(Nc3cccc(C(F)(F)F)c3)ncc(CN3CC4CC3CO4)c12. The molecular formula is C23H22F3N3O. The van der Waals surface area contributed by atoms with Crippen LogP contribution in [0.4, 0.5) is 24.7 Å². The molecule has 7 heteroatoms. The number of ether oxygens (including phenoxy) is 1. The maximum Gasteiger partial charge on any atom is 0.416 e. The molecule has 0 saturated carbocycles. The number of nitrogens with one attached hydrogen (secondary N) is 1. The lowest BCUT2D eigenvalue weighted by Gasteiger charge is -2.27. The lowest BCUT2D eigenvalue weighted by molar-refractivity contribution is -0.137. The van der Waals surface area contributed by atoms with E-state index in [1.807, 2.05) is 18.3 Å². The summed E-state index contributed by atoms with van der Waals surface area (Å²) in [7, 11) is 0. The quantitative estimate of drug-likeness (QED) is 0.632. The molecule has 5 rings (SSSR count). The number of halogens is 3. The van der Waals surface area contributed by atoms with Crippen LogP contribution in [0.5, 0.6) is 0 Å². The van der Waals surface area contributed by atoms with Crippen LogP contribution in [0.3, 0.4) is 0 Å². The van der Waals surface area contributed by atoms with Gasteiger partial charge in [-0.3, -0.25) is 4.90 Å². The predicted octanol–water partition coefficient (Wildman–Crippen LogP) is 5.28. The Labute approximate surface area is 172 Å². The second-order valence-corrected chi connectivity index (χ2v) is 8.11. The fraction of sp³-hybridized carbons (Fsp3) is 0.348. The molecule has 30 heavy (non-hydrogen) atoms. The van der Waals surface area contributed by atoms with Gasteiger partial charge in [-0.1, -0.05) is 24.3 Å². The minimum atomic E-state index is -4.38. The van der Waals surface area contributed by atoms with Gasteiger partial charge in [0.25, 0.3) is 0 Å². The molecule has 2 bridgehead atoms. The molecule has 3 heterocycles. The van der Waals surface area contributed by atoms with Crippen molar-refractivity contribution in [3.05, 3.63) is 65.4 Å². The molecule has 0 amide bonds. The summed E-state index contributed by atoms with van der Waals surface area (Å²) >= 11 is 0. The monoisotopic (exact) mass is 413 g/mol. The zero-order valence-corrected chi connectivity index (χ0v) is 16.5. The molecule has 1 aromatic heterocycles. The molecule has 4 nitrogen and oxygen atoms in total. The Balaban J connectivity index is 1.49. The van der Waals surface area contributed by atoms with E-state index in [-0.39, 0.29) is 0 Å². The Hall–Kier alpha value is -2.64. The molecule has 2 aliphatic heterocycles. The average Bonchev–Trinajstić information content (AvgIpc) is 3.33. The number of pyridine rings is 1. The normalized spacial score (nSPS) is 21.5. The molecule has 2 aromatic carbocycles. The lowest BCUT2D eigenvalue weighted by atomic mass is 10.0. The summed E-state index contributed by atoms with van der Waals surface area (Å²) in [5, 5.41) is 5.10. The molecule has 2 fully saturated rings. The molecule has 2 unspecified atom stereocenters. The number of aromatic nitrogens is 1. The van der Waals surface area contributed by atoms with Gasteiger partial charge in [-0.25, -0.2) is 4.98 Å². The van der Waals surface area contributed by atoms with Crippen LogP contribution in [0.15, 0.2) is 48.7 Å². The van der Waals surface area contributed by atoms with Crippen molar-refractivity contribution in [3.8, 4) is 0 Å². The van der Waals surface area contributed by atoms with E-state index in [1.165, 1.54) is 6.07 Å². The van der Waals surface area contributed by atoms with Crippen molar-refractivity contribution >= 4 is 22.3 Å². The van der Waals surface area contributed by atoms with Crippen molar-refractivity contribution in [1.82, 2.24) is 9.88 Å². The highest BCUT2D eigenvalue weighted by Gasteiger charge is 2.39. The predicted molar refractivity (Wildman–Crippen MR) is 110 cm³/mol. The lowest BCUT2D eigenvalue weighted by Crippen LogP contribution is -2.36. The van der Waals surface area contributed by atoms with E-state index in [1.54, 1.807) is 6.07 Å². The summed E-state index contributed by atoms with van der Waals surface area (Å²) in [5.74, 6) is 0.558. The van der Waals surface area contributed by atoms with E-state index in [2.05, 4.69) is 28.2 Å². The number of benzene rings is 2. The maximum atomic E-state index is 13.1. The minimum absolute atomic E-state index is 0.331. The summed E-state index contributed by atoms with van der Waals surface area (Å²) in [6, 6.07) is 11.6. The molecule has 1 N–H and O–H groups in total. The topological polar surface area (TPSA) is 37.4 Å². The fourth-order valence-corrected chi connectivity index (χ4v) is 4.59. The summed E-state index contributed by atoms with van der Waals surface area (Å²) in [5.41, 5.74) is 1.93. The van der Waals surface area contributed by atoms with Crippen LogP contribution in [0.25, 0.3) is 10.8 Å². The summed E-state index contributed by atoms with van der Waals surface area (Å²) in [6.07, 6.45) is -1.12. The Bertz CT molecular complexity index is 1100. The molecule has 0 aliphatic carbocycles. The van der Waals surface area contributed by atoms with Crippen molar-refractivity contribution in [3.63, 3.8) is 0 Å². The third-order valence-corrected chi connectivity index (χ3v) is 6.04. The first-order valence-electron chi connectivity index (χ1n) is 10.1. The van der Waals surface area contributed by atoms with E-state index in [0.29, 0.717) is 23.7 Å². The standard InChI is InChI=1S/C23H22F3N3O/c1-14-4-2-7-20-21(14)15(11-29-12-19-9-18(29)13-30-19)10-27-22(20)28-17-6-3-5-16(8-17)23(24,25)26/h2-8,10,18-19H,9,11-13H2,1H3,(H,27,28). The number of alkyl halides is 3. The molecule has 0 spiro atoms. The average molecular weight is 413 g/mol. The summed E-state index contributed by atoms with van der Waals surface area (Å²) in [4.78, 5) is 7.03.